The minimum Gasteiger partial charge on any atom is -0.506 e. The van der Waals surface area contributed by atoms with E-state index in [-0.39, 0.29) is 28.5 Å². The number of carbonyl (C=O) groups is 1. The van der Waals surface area contributed by atoms with Crippen LogP contribution in [0.25, 0.3) is 0 Å². The van der Waals surface area contributed by atoms with Crippen molar-refractivity contribution < 1.29 is 23.1 Å². The molecule has 22 heavy (non-hydrogen) atoms. The van der Waals surface area contributed by atoms with Gasteiger partial charge in [0.25, 0.3) is 5.91 Å². The highest BCUT2D eigenvalue weighted by Gasteiger charge is 2.37. The Kier molecular flexibility index (Phi) is 4.51. The Morgan fingerprint density at radius 2 is 2.09 bits per heavy atom. The van der Waals surface area contributed by atoms with E-state index in [0.717, 1.165) is 6.08 Å². The fraction of sp³-hybridized carbons (Fsp3) is 0.267. The zero-order chi connectivity index (χ0) is 16.5. The molecule has 118 valence electrons. The predicted octanol–water partition coefficient (Wildman–Crippen LogP) is 4.19. The van der Waals surface area contributed by atoms with Crippen LogP contribution in [0.3, 0.4) is 0 Å². The Labute approximate surface area is 130 Å². The summed E-state index contributed by atoms with van der Waals surface area (Å²) >= 11 is 5.70. The Morgan fingerprint density at radius 3 is 2.68 bits per heavy atom. The SMILES string of the molecule is CC1CC=C(NC(=O)c2ccc(O)c(Cl)c2)C=C1C(F)(F)F. The number of amides is 1. The summed E-state index contributed by atoms with van der Waals surface area (Å²) < 4.78 is 38.6. The smallest absolute Gasteiger partial charge is 0.413 e. The summed E-state index contributed by atoms with van der Waals surface area (Å²) in [5.74, 6) is -1.42. The molecule has 2 N–H and O–H groups in total. The van der Waals surface area contributed by atoms with Gasteiger partial charge in [0.1, 0.15) is 5.75 Å². The quantitative estimate of drug-likeness (QED) is 0.853. The van der Waals surface area contributed by atoms with Crippen LogP contribution >= 0.6 is 11.6 Å². The third-order valence-electron chi connectivity index (χ3n) is 3.33. The molecule has 1 unspecified atom stereocenters. The highest BCUT2D eigenvalue weighted by atomic mass is 35.5. The first kappa shape index (κ1) is 16.4. The van der Waals surface area contributed by atoms with Gasteiger partial charge in [-0.1, -0.05) is 24.6 Å². The summed E-state index contributed by atoms with van der Waals surface area (Å²) in [6.07, 6.45) is -1.75. The lowest BCUT2D eigenvalue weighted by Gasteiger charge is -2.22. The predicted molar refractivity (Wildman–Crippen MR) is 76.6 cm³/mol. The minimum absolute atomic E-state index is 0.00887. The Bertz CT molecular complexity index is 665. The number of carbonyl (C=O) groups excluding carboxylic acids is 1. The molecular weight excluding hydrogens is 319 g/mol. The molecule has 1 aromatic carbocycles. The molecule has 1 aromatic rings. The third kappa shape index (κ3) is 3.62. The van der Waals surface area contributed by atoms with E-state index in [4.69, 9.17) is 11.6 Å². The van der Waals surface area contributed by atoms with Crippen molar-refractivity contribution in [1.29, 1.82) is 0 Å². The van der Waals surface area contributed by atoms with Crippen LogP contribution in [0.15, 0.2) is 41.6 Å². The van der Waals surface area contributed by atoms with Crippen LogP contribution in [0.5, 0.6) is 5.75 Å². The first-order valence-electron chi connectivity index (χ1n) is 6.47. The second kappa shape index (κ2) is 6.04. The van der Waals surface area contributed by atoms with Gasteiger partial charge in [0.05, 0.1) is 5.02 Å². The van der Waals surface area contributed by atoms with Crippen molar-refractivity contribution in [2.45, 2.75) is 19.5 Å². The maximum atomic E-state index is 12.9. The molecule has 0 aliphatic heterocycles. The molecule has 1 aliphatic rings. The monoisotopic (exact) mass is 331 g/mol. The molecule has 0 spiro atoms. The molecular formula is C15H13ClF3NO2. The maximum Gasteiger partial charge on any atom is 0.413 e. The van der Waals surface area contributed by atoms with Crippen LogP contribution in [0.1, 0.15) is 23.7 Å². The van der Waals surface area contributed by atoms with Gasteiger partial charge in [-0.05, 0) is 36.6 Å². The molecule has 0 bridgehead atoms. The van der Waals surface area contributed by atoms with Crippen molar-refractivity contribution >= 4 is 17.5 Å². The first-order chi connectivity index (χ1) is 10.2. The molecule has 2 rings (SSSR count). The molecule has 0 fully saturated rings. The number of hydrogen-bond donors (Lipinski definition) is 2. The number of rotatable bonds is 2. The van der Waals surface area contributed by atoms with Crippen molar-refractivity contribution in [3.8, 4) is 5.75 Å². The largest absolute Gasteiger partial charge is 0.506 e. The van der Waals surface area contributed by atoms with E-state index in [2.05, 4.69) is 5.32 Å². The van der Waals surface area contributed by atoms with Gasteiger partial charge in [0, 0.05) is 16.8 Å². The standard InChI is InChI=1S/C15H13ClF3NO2/c1-8-2-4-10(7-11(8)15(17,18)19)20-14(22)9-3-5-13(21)12(16)6-9/h3-8,21H,2H2,1H3,(H,20,22). The van der Waals surface area contributed by atoms with Crippen molar-refractivity contribution in [3.63, 3.8) is 0 Å². The lowest BCUT2D eigenvalue weighted by molar-refractivity contribution is -0.0985. The lowest BCUT2D eigenvalue weighted by atomic mass is 9.91. The van der Waals surface area contributed by atoms with Crippen molar-refractivity contribution in [2.24, 2.45) is 5.92 Å². The zero-order valence-electron chi connectivity index (χ0n) is 11.5. The van der Waals surface area contributed by atoms with E-state index in [0.29, 0.717) is 0 Å². The van der Waals surface area contributed by atoms with E-state index in [1.807, 2.05) is 0 Å². The summed E-state index contributed by atoms with van der Waals surface area (Å²) in [7, 11) is 0. The molecule has 7 heteroatoms. The fourth-order valence-electron chi connectivity index (χ4n) is 2.10. The van der Waals surface area contributed by atoms with Gasteiger partial charge in [-0.2, -0.15) is 13.2 Å². The number of nitrogens with one attached hydrogen (secondary N) is 1. The lowest BCUT2D eigenvalue weighted by Crippen LogP contribution is -2.27. The molecule has 0 heterocycles. The van der Waals surface area contributed by atoms with Crippen molar-refractivity contribution in [3.05, 3.63) is 52.2 Å². The summed E-state index contributed by atoms with van der Waals surface area (Å²) in [4.78, 5) is 12.0. The van der Waals surface area contributed by atoms with Crippen molar-refractivity contribution in [2.75, 3.05) is 0 Å². The van der Waals surface area contributed by atoms with Crippen LogP contribution in [-0.2, 0) is 0 Å². The normalized spacial score (nSPS) is 18.5. The summed E-state index contributed by atoms with van der Waals surface area (Å²) in [6, 6.07) is 3.81. The molecule has 1 atom stereocenters. The molecule has 1 amide bonds. The average Bonchev–Trinajstić information content (AvgIpc) is 2.42. The molecule has 1 aliphatic carbocycles. The number of phenols is 1. The highest BCUT2D eigenvalue weighted by Crippen LogP contribution is 2.36. The summed E-state index contributed by atoms with van der Waals surface area (Å²) in [5.41, 5.74) is -0.432. The molecule has 0 saturated heterocycles. The van der Waals surface area contributed by atoms with Crippen molar-refractivity contribution in [1.82, 2.24) is 5.32 Å². The fourth-order valence-corrected chi connectivity index (χ4v) is 2.28. The zero-order valence-corrected chi connectivity index (χ0v) is 12.3. The first-order valence-corrected chi connectivity index (χ1v) is 6.85. The number of benzene rings is 1. The van der Waals surface area contributed by atoms with E-state index in [9.17, 15) is 23.1 Å². The third-order valence-corrected chi connectivity index (χ3v) is 3.63. The van der Waals surface area contributed by atoms with Gasteiger partial charge in [-0.3, -0.25) is 4.79 Å². The average molecular weight is 332 g/mol. The Balaban J connectivity index is 2.18. The van der Waals surface area contributed by atoms with Crippen LogP contribution in [0.2, 0.25) is 5.02 Å². The number of hydrogen-bond acceptors (Lipinski definition) is 2. The van der Waals surface area contributed by atoms with Gasteiger partial charge in [-0.25, -0.2) is 0 Å². The number of allylic oxidation sites excluding steroid dienone is 3. The van der Waals surface area contributed by atoms with E-state index >= 15 is 0 Å². The highest BCUT2D eigenvalue weighted by molar-refractivity contribution is 6.32. The van der Waals surface area contributed by atoms with Gasteiger partial charge in [0.15, 0.2) is 0 Å². The van der Waals surface area contributed by atoms with Crippen LogP contribution in [0, 0.1) is 5.92 Å². The molecule has 3 nitrogen and oxygen atoms in total. The van der Waals surface area contributed by atoms with Gasteiger partial charge < -0.3 is 10.4 Å². The maximum absolute atomic E-state index is 12.9. The van der Waals surface area contributed by atoms with E-state index < -0.39 is 23.6 Å². The number of halogens is 4. The second-order valence-electron chi connectivity index (χ2n) is 5.01. The van der Waals surface area contributed by atoms with Gasteiger partial charge >= 0.3 is 6.18 Å². The number of phenolic OH excluding ortho intramolecular Hbond substituents is 1. The molecule has 0 aromatic heterocycles. The van der Waals surface area contributed by atoms with Crippen LogP contribution in [-0.4, -0.2) is 17.2 Å². The molecule has 0 radical (unpaired) electrons. The minimum atomic E-state index is -4.43. The number of aromatic hydroxyl groups is 1. The molecule has 0 saturated carbocycles. The van der Waals surface area contributed by atoms with Crippen LogP contribution in [0.4, 0.5) is 13.2 Å². The van der Waals surface area contributed by atoms with Gasteiger partial charge in [0.2, 0.25) is 0 Å². The van der Waals surface area contributed by atoms with E-state index in [1.54, 1.807) is 6.08 Å². The van der Waals surface area contributed by atoms with Gasteiger partial charge in [-0.15, -0.1) is 0 Å². The second-order valence-corrected chi connectivity index (χ2v) is 5.42. The Hall–Kier alpha value is -1.95. The summed E-state index contributed by atoms with van der Waals surface area (Å²) in [6.45, 7) is 1.48. The topological polar surface area (TPSA) is 49.3 Å². The summed E-state index contributed by atoms with van der Waals surface area (Å²) in [5, 5.41) is 11.7. The Morgan fingerprint density at radius 1 is 1.41 bits per heavy atom. The van der Waals surface area contributed by atoms with E-state index in [1.165, 1.54) is 25.1 Å². The number of alkyl halides is 3. The van der Waals surface area contributed by atoms with Crippen LogP contribution < -0.4 is 5.32 Å².